The fourth-order valence-corrected chi connectivity index (χ4v) is 6.73. The maximum atomic E-state index is 13.9. The minimum Gasteiger partial charge on any atom is -0.487 e. The number of hydrogen-bond donors (Lipinski definition) is 1. The monoisotopic (exact) mass is 601 g/mol. The maximum Gasteiger partial charge on any atom is 0.318 e. The van der Waals surface area contributed by atoms with Gasteiger partial charge in [-0.25, -0.2) is 4.79 Å². The van der Waals surface area contributed by atoms with Gasteiger partial charge in [0.05, 0.1) is 5.69 Å². The highest BCUT2D eigenvalue weighted by Gasteiger charge is 2.33. The molecule has 41 heavy (non-hydrogen) atoms. The Morgan fingerprint density at radius 1 is 1.00 bits per heavy atom. The van der Waals surface area contributed by atoms with Gasteiger partial charge in [0.2, 0.25) is 5.91 Å². The molecule has 10 heteroatoms. The number of urea groups is 1. The van der Waals surface area contributed by atoms with Crippen LogP contribution >= 0.6 is 23.2 Å². The zero-order valence-corrected chi connectivity index (χ0v) is 25.4. The van der Waals surface area contributed by atoms with Crippen LogP contribution in [0.4, 0.5) is 4.79 Å². The molecule has 3 saturated heterocycles. The predicted molar refractivity (Wildman–Crippen MR) is 162 cm³/mol. The summed E-state index contributed by atoms with van der Waals surface area (Å²) in [6.45, 7) is 4.64. The van der Waals surface area contributed by atoms with Crippen LogP contribution in [0.5, 0.6) is 5.75 Å². The third-order valence-electron chi connectivity index (χ3n) is 8.55. The second-order valence-electron chi connectivity index (χ2n) is 11.6. The Bertz CT molecular complexity index is 1200. The molecule has 0 radical (unpaired) electrons. The van der Waals surface area contributed by atoms with E-state index in [4.69, 9.17) is 32.9 Å². The normalized spacial score (nSPS) is 21.4. The van der Waals surface area contributed by atoms with Crippen LogP contribution in [-0.2, 0) is 11.2 Å². The number of benzene rings is 1. The van der Waals surface area contributed by atoms with Crippen molar-refractivity contribution in [1.29, 1.82) is 0 Å². The largest absolute Gasteiger partial charge is 0.487 e. The zero-order chi connectivity index (χ0) is 28.8. The van der Waals surface area contributed by atoms with Crippen LogP contribution in [0.3, 0.4) is 0 Å². The molecule has 0 saturated carbocycles. The van der Waals surface area contributed by atoms with Gasteiger partial charge >= 0.3 is 6.03 Å². The van der Waals surface area contributed by atoms with E-state index in [1.807, 2.05) is 34.2 Å². The van der Waals surface area contributed by atoms with Crippen molar-refractivity contribution in [2.45, 2.75) is 69.4 Å². The number of nitrogens with one attached hydrogen (secondary N) is 1. The number of halogens is 2. The summed E-state index contributed by atoms with van der Waals surface area (Å²) in [5.41, 5.74) is 1.77. The summed E-state index contributed by atoms with van der Waals surface area (Å²) >= 11 is 12.6. The van der Waals surface area contributed by atoms with E-state index in [0.717, 1.165) is 75.0 Å². The number of carbonyl (C=O) groups is 2. The molecule has 3 aliphatic rings. The number of likely N-dealkylation sites (N-methyl/N-ethyl adjacent to an activating group) is 1. The number of ether oxygens (including phenoxy) is 1. The highest BCUT2D eigenvalue weighted by molar-refractivity contribution is 6.35. The molecule has 1 N–H and O–H groups in total. The Morgan fingerprint density at radius 2 is 1.78 bits per heavy atom. The molecule has 2 atom stereocenters. The number of aromatic nitrogens is 1. The second kappa shape index (κ2) is 14.1. The van der Waals surface area contributed by atoms with Gasteiger partial charge in [0.25, 0.3) is 0 Å². The summed E-state index contributed by atoms with van der Waals surface area (Å²) in [5.74, 6) is 0.993. The standard InChI is InChI=1S/C31H41Cl2N5O3/c1-36-14-6-7-25(21-36)41-28-8-5-13-34-29(28)22-11-17-37(18-12-22)30(39)27(19-23-9-10-24(32)20-26(23)33)35-31(40)38-15-3-2-4-16-38/h5,8-10,13,20,22,25,27H,2-4,6-7,11-12,14-19,21H2,1H3,(H,35,40)/t25?,27-/m1/s1. The van der Waals surface area contributed by atoms with Crippen LogP contribution in [0, 0.1) is 0 Å². The average molecular weight is 603 g/mol. The van der Waals surface area contributed by atoms with Gasteiger partial charge in [-0.1, -0.05) is 29.3 Å². The first kappa shape index (κ1) is 29.9. The molecule has 1 aromatic heterocycles. The van der Waals surface area contributed by atoms with Crippen LogP contribution in [-0.4, -0.2) is 90.1 Å². The first-order chi connectivity index (χ1) is 19.9. The van der Waals surface area contributed by atoms with Crippen molar-refractivity contribution >= 4 is 35.1 Å². The highest BCUT2D eigenvalue weighted by Crippen LogP contribution is 2.34. The molecule has 3 amide bonds. The number of carbonyl (C=O) groups excluding carboxylic acids is 2. The van der Waals surface area contributed by atoms with E-state index in [-0.39, 0.29) is 24.0 Å². The summed E-state index contributed by atoms with van der Waals surface area (Å²) in [6.07, 6.45) is 9.16. The van der Waals surface area contributed by atoms with Crippen LogP contribution in [0.2, 0.25) is 10.0 Å². The molecule has 3 aliphatic heterocycles. The van der Waals surface area contributed by atoms with E-state index in [9.17, 15) is 9.59 Å². The number of rotatable bonds is 7. The summed E-state index contributed by atoms with van der Waals surface area (Å²) in [4.78, 5) is 37.8. The lowest BCUT2D eigenvalue weighted by Gasteiger charge is -2.36. The quantitative estimate of drug-likeness (QED) is 0.461. The highest BCUT2D eigenvalue weighted by atomic mass is 35.5. The van der Waals surface area contributed by atoms with Crippen molar-refractivity contribution in [1.82, 2.24) is 25.0 Å². The SMILES string of the molecule is CN1CCCC(Oc2cccnc2C2CCN(C(=O)[C@@H](Cc3ccc(Cl)cc3Cl)NC(=O)N3CCCCC3)CC2)C1. The third kappa shape index (κ3) is 7.85. The number of piperidine rings is 3. The lowest BCUT2D eigenvalue weighted by atomic mass is 9.91. The topological polar surface area (TPSA) is 78.0 Å². The lowest BCUT2D eigenvalue weighted by Crippen LogP contribution is -2.55. The van der Waals surface area contributed by atoms with Gasteiger partial charge in [0, 0.05) is 61.3 Å². The minimum absolute atomic E-state index is 0.0810. The molecular formula is C31H41Cl2N5O3. The number of nitrogens with zero attached hydrogens (tertiary/aromatic N) is 4. The van der Waals surface area contributed by atoms with E-state index in [1.165, 1.54) is 0 Å². The fraction of sp³-hybridized carbons (Fsp3) is 0.581. The Morgan fingerprint density at radius 3 is 2.51 bits per heavy atom. The van der Waals surface area contributed by atoms with E-state index in [0.29, 0.717) is 42.6 Å². The van der Waals surface area contributed by atoms with E-state index in [1.54, 1.807) is 12.1 Å². The van der Waals surface area contributed by atoms with Crippen LogP contribution in [0.15, 0.2) is 36.5 Å². The van der Waals surface area contributed by atoms with Gasteiger partial charge in [0.15, 0.2) is 0 Å². The Hall–Kier alpha value is -2.55. The molecule has 5 rings (SSSR count). The van der Waals surface area contributed by atoms with E-state index < -0.39 is 6.04 Å². The summed E-state index contributed by atoms with van der Waals surface area (Å²) in [5, 5.41) is 4.07. The first-order valence-electron chi connectivity index (χ1n) is 15.0. The van der Waals surface area contributed by atoms with Gasteiger partial charge in [-0.15, -0.1) is 0 Å². The van der Waals surface area contributed by atoms with Crippen molar-refractivity contribution < 1.29 is 14.3 Å². The smallest absolute Gasteiger partial charge is 0.318 e. The third-order valence-corrected chi connectivity index (χ3v) is 9.13. The molecule has 4 heterocycles. The molecule has 1 unspecified atom stereocenters. The van der Waals surface area contributed by atoms with Gasteiger partial charge < -0.3 is 24.8 Å². The molecule has 2 aromatic rings. The molecule has 0 aliphatic carbocycles. The average Bonchev–Trinajstić information content (AvgIpc) is 2.98. The molecule has 1 aromatic carbocycles. The molecule has 0 spiro atoms. The Labute approximate surface area is 253 Å². The van der Waals surface area contributed by atoms with Crippen molar-refractivity contribution in [3.8, 4) is 5.75 Å². The van der Waals surface area contributed by atoms with Gasteiger partial charge in [-0.05, 0) is 88.4 Å². The second-order valence-corrected chi connectivity index (χ2v) is 12.5. The molecule has 3 fully saturated rings. The van der Waals surface area contributed by atoms with Crippen LogP contribution in [0.1, 0.15) is 62.1 Å². The molecule has 0 bridgehead atoms. The zero-order valence-electron chi connectivity index (χ0n) is 23.9. The lowest BCUT2D eigenvalue weighted by molar-refractivity contribution is -0.134. The predicted octanol–water partition coefficient (Wildman–Crippen LogP) is 5.37. The number of hydrogen-bond acceptors (Lipinski definition) is 5. The number of likely N-dealkylation sites (tertiary alicyclic amines) is 3. The van der Waals surface area contributed by atoms with E-state index in [2.05, 4.69) is 17.3 Å². The molecular weight excluding hydrogens is 561 g/mol. The molecule has 8 nitrogen and oxygen atoms in total. The first-order valence-corrected chi connectivity index (χ1v) is 15.7. The summed E-state index contributed by atoms with van der Waals surface area (Å²) in [7, 11) is 2.13. The van der Waals surface area contributed by atoms with Crippen molar-refractivity contribution in [2.24, 2.45) is 0 Å². The minimum atomic E-state index is -0.711. The molecule has 222 valence electrons. The van der Waals surface area contributed by atoms with Crippen molar-refractivity contribution in [3.05, 3.63) is 57.8 Å². The van der Waals surface area contributed by atoms with Crippen molar-refractivity contribution in [3.63, 3.8) is 0 Å². The van der Waals surface area contributed by atoms with Crippen LogP contribution in [0.25, 0.3) is 0 Å². The maximum absolute atomic E-state index is 13.9. The van der Waals surface area contributed by atoms with Crippen molar-refractivity contribution in [2.75, 3.05) is 46.3 Å². The van der Waals surface area contributed by atoms with Gasteiger partial charge in [-0.3, -0.25) is 9.78 Å². The Balaban J connectivity index is 1.25. The number of amides is 3. The van der Waals surface area contributed by atoms with Crippen LogP contribution < -0.4 is 10.1 Å². The van der Waals surface area contributed by atoms with Gasteiger partial charge in [-0.2, -0.15) is 0 Å². The van der Waals surface area contributed by atoms with E-state index >= 15 is 0 Å². The van der Waals surface area contributed by atoms with Gasteiger partial charge in [0.1, 0.15) is 17.9 Å². The number of pyridine rings is 1. The fourth-order valence-electron chi connectivity index (χ4n) is 6.24. The summed E-state index contributed by atoms with van der Waals surface area (Å²) < 4.78 is 6.45. The Kier molecular flexibility index (Phi) is 10.3. The summed E-state index contributed by atoms with van der Waals surface area (Å²) in [6, 6.07) is 8.33.